The zero-order valence-corrected chi connectivity index (χ0v) is 18.2. The van der Waals surface area contributed by atoms with Gasteiger partial charge in [0, 0.05) is 13.1 Å². The third-order valence-electron chi connectivity index (χ3n) is 5.42. The van der Waals surface area contributed by atoms with E-state index >= 15 is 0 Å². The minimum absolute atomic E-state index is 0.0351. The number of aryl methyl sites for hydroxylation is 2. The first kappa shape index (κ1) is 21.2. The Morgan fingerprint density at radius 1 is 1.10 bits per heavy atom. The Balaban J connectivity index is 1.93. The number of benzene rings is 2. The molecular formula is C22H28N2O4S. The van der Waals surface area contributed by atoms with Crippen molar-refractivity contribution in [2.45, 2.75) is 38.5 Å². The molecule has 29 heavy (non-hydrogen) atoms. The van der Waals surface area contributed by atoms with Crippen molar-refractivity contribution in [2.24, 2.45) is 5.92 Å². The molecule has 156 valence electrons. The van der Waals surface area contributed by atoms with Gasteiger partial charge in [0.2, 0.25) is 0 Å². The van der Waals surface area contributed by atoms with E-state index in [1.165, 1.54) is 25.3 Å². The van der Waals surface area contributed by atoms with Crippen molar-refractivity contribution in [3.63, 3.8) is 0 Å². The molecule has 1 aliphatic rings. The molecule has 1 aliphatic heterocycles. The molecule has 1 saturated heterocycles. The maximum Gasteiger partial charge on any atom is 0.261 e. The molecule has 0 radical (unpaired) electrons. The number of ether oxygens (including phenoxy) is 1. The number of nitrogens with zero attached hydrogens (tertiary/aromatic N) is 1. The van der Waals surface area contributed by atoms with Gasteiger partial charge >= 0.3 is 0 Å². The van der Waals surface area contributed by atoms with Gasteiger partial charge in [-0.1, -0.05) is 19.1 Å². The first-order valence-corrected chi connectivity index (χ1v) is 11.3. The second kappa shape index (κ2) is 8.45. The largest absolute Gasteiger partial charge is 0.496 e. The summed E-state index contributed by atoms with van der Waals surface area (Å²) < 4.78 is 33.9. The van der Waals surface area contributed by atoms with Gasteiger partial charge in [-0.05, 0) is 68.0 Å². The average Bonchev–Trinajstić information content (AvgIpc) is 2.70. The van der Waals surface area contributed by atoms with E-state index < -0.39 is 10.0 Å². The van der Waals surface area contributed by atoms with Gasteiger partial charge in [0.25, 0.3) is 15.9 Å². The lowest BCUT2D eigenvalue weighted by molar-refractivity contribution is 0.0693. The molecule has 1 heterocycles. The first-order chi connectivity index (χ1) is 13.7. The van der Waals surface area contributed by atoms with Crippen LogP contribution in [0.1, 0.15) is 41.3 Å². The molecule has 0 unspecified atom stereocenters. The van der Waals surface area contributed by atoms with Gasteiger partial charge < -0.3 is 9.64 Å². The normalized spacial score (nSPS) is 15.2. The van der Waals surface area contributed by atoms with Gasteiger partial charge in [-0.15, -0.1) is 0 Å². The molecule has 2 aromatic rings. The fourth-order valence-electron chi connectivity index (χ4n) is 3.45. The molecule has 0 aliphatic carbocycles. The van der Waals surface area contributed by atoms with Crippen LogP contribution in [0, 0.1) is 19.8 Å². The molecule has 6 nitrogen and oxygen atoms in total. The van der Waals surface area contributed by atoms with Crippen LogP contribution in [0.15, 0.2) is 41.3 Å². The minimum Gasteiger partial charge on any atom is -0.496 e. The Hall–Kier alpha value is -2.54. The smallest absolute Gasteiger partial charge is 0.261 e. The quantitative estimate of drug-likeness (QED) is 0.800. The Bertz CT molecular complexity index is 1010. The van der Waals surface area contributed by atoms with E-state index in [1.54, 1.807) is 11.0 Å². The highest BCUT2D eigenvalue weighted by atomic mass is 32.2. The fourth-order valence-corrected chi connectivity index (χ4v) is 4.60. The van der Waals surface area contributed by atoms with Crippen molar-refractivity contribution in [3.05, 3.63) is 53.1 Å². The van der Waals surface area contributed by atoms with Crippen molar-refractivity contribution >= 4 is 21.6 Å². The number of carbonyl (C=O) groups is 1. The van der Waals surface area contributed by atoms with Crippen LogP contribution in [0.25, 0.3) is 0 Å². The number of rotatable bonds is 5. The van der Waals surface area contributed by atoms with E-state index in [1.807, 2.05) is 26.0 Å². The van der Waals surface area contributed by atoms with E-state index in [0.29, 0.717) is 30.4 Å². The van der Waals surface area contributed by atoms with Crippen molar-refractivity contribution in [1.29, 1.82) is 0 Å². The van der Waals surface area contributed by atoms with Crippen molar-refractivity contribution < 1.29 is 17.9 Å². The maximum atomic E-state index is 13.1. The van der Waals surface area contributed by atoms with Crippen LogP contribution in [0.2, 0.25) is 0 Å². The lowest BCUT2D eigenvalue weighted by atomic mass is 9.98. The summed E-state index contributed by atoms with van der Waals surface area (Å²) in [6.07, 6.45) is 1.89. The van der Waals surface area contributed by atoms with Gasteiger partial charge in [-0.3, -0.25) is 9.52 Å². The number of hydrogen-bond donors (Lipinski definition) is 1. The zero-order chi connectivity index (χ0) is 21.2. The summed E-state index contributed by atoms with van der Waals surface area (Å²) in [5.74, 6) is 0.770. The summed E-state index contributed by atoms with van der Waals surface area (Å²) >= 11 is 0. The molecule has 0 saturated carbocycles. The number of sulfonamides is 1. The number of piperidine rings is 1. The van der Waals surface area contributed by atoms with Gasteiger partial charge in [0.05, 0.1) is 23.3 Å². The summed E-state index contributed by atoms with van der Waals surface area (Å²) in [4.78, 5) is 14.9. The van der Waals surface area contributed by atoms with E-state index in [0.717, 1.165) is 24.0 Å². The highest BCUT2D eigenvalue weighted by molar-refractivity contribution is 7.92. The highest BCUT2D eigenvalue weighted by Crippen LogP contribution is 2.28. The lowest BCUT2D eigenvalue weighted by Gasteiger charge is -2.30. The average molecular weight is 417 g/mol. The van der Waals surface area contributed by atoms with Gasteiger partial charge in [0.15, 0.2) is 0 Å². The van der Waals surface area contributed by atoms with Crippen LogP contribution in [0.4, 0.5) is 5.69 Å². The summed E-state index contributed by atoms with van der Waals surface area (Å²) in [5, 5.41) is 0. The monoisotopic (exact) mass is 416 g/mol. The van der Waals surface area contributed by atoms with E-state index in [-0.39, 0.29) is 16.4 Å². The van der Waals surface area contributed by atoms with Crippen LogP contribution >= 0.6 is 0 Å². The van der Waals surface area contributed by atoms with Crippen molar-refractivity contribution in [3.8, 4) is 5.75 Å². The Labute approximate surface area is 172 Å². The fraction of sp³-hybridized carbons (Fsp3) is 0.409. The summed E-state index contributed by atoms with van der Waals surface area (Å²) in [6.45, 7) is 7.26. The molecular weight excluding hydrogens is 388 g/mol. The topological polar surface area (TPSA) is 75.7 Å². The molecule has 0 bridgehead atoms. The third kappa shape index (κ3) is 4.72. The molecule has 0 spiro atoms. The minimum atomic E-state index is -3.85. The van der Waals surface area contributed by atoms with Crippen LogP contribution in [-0.2, 0) is 10.0 Å². The number of anilines is 1. The second-order valence-corrected chi connectivity index (χ2v) is 9.44. The van der Waals surface area contributed by atoms with Gasteiger partial charge in [0.1, 0.15) is 5.75 Å². The number of hydrogen-bond acceptors (Lipinski definition) is 4. The van der Waals surface area contributed by atoms with Crippen LogP contribution in [0.5, 0.6) is 5.75 Å². The number of likely N-dealkylation sites (tertiary alicyclic amines) is 1. The molecule has 1 amide bonds. The molecule has 0 atom stereocenters. The molecule has 3 rings (SSSR count). The number of amides is 1. The molecule has 1 fully saturated rings. The highest BCUT2D eigenvalue weighted by Gasteiger charge is 2.26. The summed E-state index contributed by atoms with van der Waals surface area (Å²) in [6, 6.07) is 9.99. The van der Waals surface area contributed by atoms with Crippen LogP contribution in [-0.4, -0.2) is 39.4 Å². The van der Waals surface area contributed by atoms with E-state index in [9.17, 15) is 13.2 Å². The molecule has 0 aromatic heterocycles. The van der Waals surface area contributed by atoms with E-state index in [2.05, 4.69) is 11.6 Å². The number of nitrogens with one attached hydrogen (secondary N) is 1. The first-order valence-electron chi connectivity index (χ1n) is 9.78. The SMILES string of the molecule is COc1ccc(S(=O)(=O)Nc2cc(C)ccc2C)cc1C(=O)N1CCC(C)CC1. The molecule has 7 heteroatoms. The maximum absolute atomic E-state index is 13.1. The predicted octanol–water partition coefficient (Wildman–Crippen LogP) is 3.98. The van der Waals surface area contributed by atoms with Gasteiger partial charge in [-0.25, -0.2) is 8.42 Å². The van der Waals surface area contributed by atoms with Gasteiger partial charge in [-0.2, -0.15) is 0 Å². The van der Waals surface area contributed by atoms with Crippen LogP contribution in [0.3, 0.4) is 0 Å². The molecule has 1 N–H and O–H groups in total. The number of methoxy groups -OCH3 is 1. The Morgan fingerprint density at radius 2 is 1.79 bits per heavy atom. The molecule has 2 aromatic carbocycles. The summed E-state index contributed by atoms with van der Waals surface area (Å²) in [5.41, 5.74) is 2.58. The summed E-state index contributed by atoms with van der Waals surface area (Å²) in [7, 11) is -2.37. The zero-order valence-electron chi connectivity index (χ0n) is 17.4. The second-order valence-electron chi connectivity index (χ2n) is 7.76. The Kier molecular flexibility index (Phi) is 6.17. The lowest BCUT2D eigenvalue weighted by Crippen LogP contribution is -2.38. The van der Waals surface area contributed by atoms with Crippen LogP contribution < -0.4 is 9.46 Å². The van der Waals surface area contributed by atoms with E-state index in [4.69, 9.17) is 4.74 Å². The Morgan fingerprint density at radius 3 is 2.45 bits per heavy atom. The number of carbonyl (C=O) groups excluding carboxylic acids is 1. The van der Waals surface area contributed by atoms with Crippen molar-refractivity contribution in [1.82, 2.24) is 4.90 Å². The van der Waals surface area contributed by atoms with Crippen molar-refractivity contribution in [2.75, 3.05) is 24.9 Å². The third-order valence-corrected chi connectivity index (χ3v) is 6.78. The standard InChI is InChI=1S/C22H28N2O4S/c1-15-9-11-24(12-10-15)22(25)19-14-18(7-8-21(19)28-4)29(26,27)23-20-13-16(2)5-6-17(20)3/h5-8,13-15,23H,9-12H2,1-4H3. The predicted molar refractivity (Wildman–Crippen MR) is 114 cm³/mol.